The fraction of sp³-hybridized carbons (Fsp3) is 0.0750. The van der Waals surface area contributed by atoms with Gasteiger partial charge in [0.25, 0.3) is 0 Å². The normalized spacial score (nSPS) is 12.5. The van der Waals surface area contributed by atoms with Crippen LogP contribution in [0.1, 0.15) is 17.3 Å². The van der Waals surface area contributed by atoms with Gasteiger partial charge in [0.15, 0.2) is 80.5 Å². The van der Waals surface area contributed by atoms with E-state index in [1.54, 1.807) is 12.1 Å². The minimum absolute atomic E-state index is 0.0590. The number of Topliss-reactive ketones (excluding diaryl/α,β-unsaturated/α-hetero) is 1. The van der Waals surface area contributed by atoms with Gasteiger partial charge in [-0.2, -0.15) is 0 Å². The van der Waals surface area contributed by atoms with Crippen molar-refractivity contribution in [2.75, 3.05) is 11.5 Å². The Bertz CT molecular complexity index is 2510. The number of rotatable bonds is 9. The first-order valence-corrected chi connectivity index (χ1v) is 19.1. The molecule has 1 atom stereocenters. The van der Waals surface area contributed by atoms with Crippen LogP contribution in [0.3, 0.4) is 0 Å². The molecule has 0 aliphatic rings. The molecule has 2 nitrogen and oxygen atoms in total. The molecule has 6 aromatic carbocycles. The second kappa shape index (κ2) is 18.1. The van der Waals surface area contributed by atoms with Gasteiger partial charge in [-0.05, 0) is 19.1 Å². The van der Waals surface area contributed by atoms with E-state index in [2.05, 4.69) is 0 Å². The largest absolute Gasteiger partial charge is 0.289 e. The van der Waals surface area contributed by atoms with Gasteiger partial charge in [-0.3, -0.25) is 4.79 Å². The van der Waals surface area contributed by atoms with Gasteiger partial charge >= 0.3 is 0 Å². The molecule has 0 aliphatic carbocycles. The van der Waals surface area contributed by atoms with E-state index in [0.29, 0.717) is 11.3 Å². The molecule has 6 rings (SSSR count). The molecule has 64 heavy (non-hydrogen) atoms. The van der Waals surface area contributed by atoms with E-state index in [-0.39, 0.29) is 11.5 Å². The molecule has 0 heterocycles. The number of carbonyl (C=O) groups excluding carboxylic acids is 1. The predicted molar refractivity (Wildman–Crippen MR) is 188 cm³/mol. The third-order valence-electron chi connectivity index (χ3n) is 9.81. The lowest BCUT2D eigenvalue weighted by Gasteiger charge is -2.44. The number of carbonyl (C=O) groups is 1. The van der Waals surface area contributed by atoms with Crippen LogP contribution < -0.4 is 21.9 Å². The first-order chi connectivity index (χ1) is 29.9. The van der Waals surface area contributed by atoms with Gasteiger partial charge < -0.3 is 0 Å². The molecule has 0 saturated carbocycles. The van der Waals surface area contributed by atoms with Crippen LogP contribution in [0.4, 0.5) is 87.8 Å². The molecule has 1 unspecified atom stereocenters. The Labute approximate surface area is 346 Å². The SMILES string of the molecule is CC[S+](=O)(CC(=O)c1ccccc1)c1ccccc1.Fc1c(F)c(F)c([B-](c2c(F)c(F)c(F)c(F)c2F)(c2c(F)c(F)c(F)c(F)c2F)c2c(F)c(F)c(F)c(F)c2F)c(F)c1F. The maximum Gasteiger partial charge on any atom is 0.212 e. The molecular formula is C40H17BF20O2S. The molecule has 0 amide bonds. The van der Waals surface area contributed by atoms with Crippen molar-refractivity contribution < 1.29 is 96.8 Å². The molecule has 6 aromatic rings. The average molecular weight is 952 g/mol. The molecule has 0 radical (unpaired) electrons. The topological polar surface area (TPSA) is 34.1 Å². The van der Waals surface area contributed by atoms with Crippen molar-refractivity contribution in [1.29, 1.82) is 0 Å². The van der Waals surface area contributed by atoms with Crippen LogP contribution in [0.5, 0.6) is 0 Å². The van der Waals surface area contributed by atoms with E-state index in [1.165, 1.54) is 0 Å². The molecule has 24 heteroatoms. The predicted octanol–water partition coefficient (Wildman–Crippen LogP) is 9.29. The van der Waals surface area contributed by atoms with Crippen molar-refractivity contribution in [2.24, 2.45) is 0 Å². The summed E-state index contributed by atoms with van der Waals surface area (Å²) < 4.78 is 307. The zero-order valence-corrected chi connectivity index (χ0v) is 31.9. The summed E-state index contributed by atoms with van der Waals surface area (Å²) in [4.78, 5) is 13.0. The van der Waals surface area contributed by atoms with Crippen LogP contribution in [0, 0.1) is 116 Å². The maximum atomic E-state index is 15.4. The lowest BCUT2D eigenvalue weighted by atomic mass is 9.12. The Morgan fingerprint density at radius 1 is 0.375 bits per heavy atom. The summed E-state index contributed by atoms with van der Waals surface area (Å²) in [6, 6.07) is 18.3. The van der Waals surface area contributed by atoms with Crippen LogP contribution >= 0.6 is 0 Å². The van der Waals surface area contributed by atoms with Gasteiger partial charge in [-0.15, -0.1) is 21.9 Å². The third-order valence-corrected chi connectivity index (χ3v) is 12.6. The Kier molecular flexibility index (Phi) is 13.8. The Balaban J connectivity index is 0.000000337. The van der Waals surface area contributed by atoms with Crippen molar-refractivity contribution in [1.82, 2.24) is 0 Å². The summed E-state index contributed by atoms with van der Waals surface area (Å²) in [7, 11) is -2.30. The highest BCUT2D eigenvalue weighted by Gasteiger charge is 2.52. The van der Waals surface area contributed by atoms with Gasteiger partial charge in [-0.1, -0.05) is 52.7 Å². The van der Waals surface area contributed by atoms with Crippen molar-refractivity contribution in [3.8, 4) is 0 Å². The van der Waals surface area contributed by atoms with Crippen molar-refractivity contribution in [3.63, 3.8) is 0 Å². The number of halogens is 20. The molecule has 0 saturated heterocycles. The Morgan fingerprint density at radius 3 is 0.828 bits per heavy atom. The van der Waals surface area contributed by atoms with Crippen LogP contribution in [-0.2, 0) is 14.1 Å². The number of hydrogen-bond donors (Lipinski definition) is 0. The maximum absolute atomic E-state index is 15.4. The Morgan fingerprint density at radius 2 is 0.594 bits per heavy atom. The zero-order valence-electron chi connectivity index (χ0n) is 31.0. The fourth-order valence-corrected chi connectivity index (χ4v) is 8.76. The summed E-state index contributed by atoms with van der Waals surface area (Å²) in [5.41, 5.74) is -13.7. The molecule has 0 N–H and O–H groups in total. The molecule has 0 aliphatic heterocycles. The fourth-order valence-electron chi connectivity index (χ4n) is 6.81. The smallest absolute Gasteiger partial charge is 0.212 e. The highest BCUT2D eigenvalue weighted by molar-refractivity contribution is 8.03. The quantitative estimate of drug-likeness (QED) is 0.0362. The van der Waals surface area contributed by atoms with Crippen molar-refractivity contribution >= 4 is 43.7 Å². The lowest BCUT2D eigenvalue weighted by molar-refractivity contribution is 0.102. The summed E-state index contributed by atoms with van der Waals surface area (Å²) in [6.45, 7) is 1.87. The van der Waals surface area contributed by atoms with E-state index < -0.39 is 154 Å². The van der Waals surface area contributed by atoms with E-state index >= 15 is 35.1 Å². The Hall–Kier alpha value is -6.20. The highest BCUT2D eigenvalue weighted by atomic mass is 32.2. The third kappa shape index (κ3) is 7.67. The first-order valence-electron chi connectivity index (χ1n) is 17.2. The molecule has 0 spiro atoms. The molecule has 0 aromatic heterocycles. The highest BCUT2D eigenvalue weighted by Crippen LogP contribution is 2.31. The second-order valence-corrected chi connectivity index (χ2v) is 16.1. The average Bonchev–Trinajstić information content (AvgIpc) is 3.29. The summed E-state index contributed by atoms with van der Waals surface area (Å²) in [5, 5.41) is 0. The van der Waals surface area contributed by atoms with Crippen LogP contribution in [-0.4, -0.2) is 23.4 Å². The van der Waals surface area contributed by atoms with Crippen LogP contribution in [0.2, 0.25) is 0 Å². The van der Waals surface area contributed by atoms with Crippen LogP contribution in [0.25, 0.3) is 0 Å². The molecular weight excluding hydrogens is 935 g/mol. The van der Waals surface area contributed by atoms with E-state index in [9.17, 15) is 61.7 Å². The van der Waals surface area contributed by atoms with Crippen LogP contribution in [0.15, 0.2) is 65.6 Å². The molecule has 338 valence electrons. The van der Waals surface area contributed by atoms with Gasteiger partial charge in [0, 0.05) is 5.56 Å². The summed E-state index contributed by atoms with van der Waals surface area (Å²) in [6.07, 6.45) is -7.22. The van der Waals surface area contributed by atoms with E-state index in [4.69, 9.17) is 0 Å². The standard InChI is InChI=1S/C24BF20.C16H17O2S/c26-5-1(6(27)14(35)21(42)13(5)34)25(2-7(28)15(36)22(43)16(37)8(2)29,3-9(30)17(38)23(44)18(39)10(3)31)4-11(32)19(40)24(45)20(41)12(4)33;1-2-19(18,15-11-7-4-8-12-15)13-16(17)14-9-5-3-6-10-14/h;3-12H,2,13H2,1H3/q-1;+1. The number of ketones is 1. The first kappa shape index (κ1) is 48.8. The van der Waals surface area contributed by atoms with Crippen molar-refractivity contribution in [3.05, 3.63) is 183 Å². The molecule has 0 bridgehead atoms. The van der Waals surface area contributed by atoms with Gasteiger partial charge in [0.1, 0.15) is 68.4 Å². The number of hydrogen-bond acceptors (Lipinski definition) is 2. The number of benzene rings is 6. The summed E-state index contributed by atoms with van der Waals surface area (Å²) >= 11 is 0. The molecule has 0 fully saturated rings. The minimum atomic E-state index is -7.22. The minimum Gasteiger partial charge on any atom is -0.289 e. The monoisotopic (exact) mass is 952 g/mol. The van der Waals surface area contributed by atoms with E-state index in [0.717, 1.165) is 4.90 Å². The van der Waals surface area contributed by atoms with Gasteiger partial charge in [-0.25, -0.2) is 87.8 Å². The van der Waals surface area contributed by atoms with E-state index in [1.807, 2.05) is 55.5 Å². The van der Waals surface area contributed by atoms with Gasteiger partial charge in [0.2, 0.25) is 5.78 Å². The summed E-state index contributed by atoms with van der Waals surface area (Å²) in [5.74, 6) is -70.9. The van der Waals surface area contributed by atoms with Gasteiger partial charge in [0.05, 0.1) is 0 Å². The van der Waals surface area contributed by atoms with Crippen molar-refractivity contribution in [2.45, 2.75) is 11.8 Å². The zero-order chi connectivity index (χ0) is 48.1. The second-order valence-electron chi connectivity index (χ2n) is 13.1. The lowest BCUT2D eigenvalue weighted by Crippen LogP contribution is -2.81.